The van der Waals surface area contributed by atoms with E-state index in [0.717, 1.165) is 25.7 Å². The minimum absolute atomic E-state index is 0.0147. The highest BCUT2D eigenvalue weighted by Crippen LogP contribution is 2.39. The molecule has 1 aliphatic heterocycles. The minimum atomic E-state index is -0.446. The van der Waals surface area contributed by atoms with Crippen LogP contribution in [0.15, 0.2) is 69.2 Å². The smallest absolute Gasteiger partial charge is 0.270 e. The zero-order valence-electron chi connectivity index (χ0n) is 18.6. The summed E-state index contributed by atoms with van der Waals surface area (Å²) in [6.07, 6.45) is 10.0. The molecule has 10 heteroatoms. The Bertz CT molecular complexity index is 1350. The van der Waals surface area contributed by atoms with Gasteiger partial charge in [-0.2, -0.15) is 0 Å². The third-order valence-corrected chi connectivity index (χ3v) is 7.26. The predicted octanol–water partition coefficient (Wildman–Crippen LogP) is 6.84. The average molecular weight is 509 g/mol. The number of thioether (sulfide) groups is 1. The van der Waals surface area contributed by atoms with E-state index in [1.54, 1.807) is 47.5 Å². The Morgan fingerprint density at radius 2 is 2.03 bits per heavy atom. The molecule has 3 aromatic rings. The number of pyridine rings is 1. The van der Waals surface area contributed by atoms with E-state index >= 15 is 0 Å². The summed E-state index contributed by atoms with van der Waals surface area (Å²) in [7, 11) is 0. The van der Waals surface area contributed by atoms with Crippen molar-refractivity contribution >= 4 is 51.9 Å². The summed E-state index contributed by atoms with van der Waals surface area (Å²) in [6, 6.07) is 11.5. The number of hydrogen-bond acceptors (Lipinski definition) is 7. The SMILES string of the molecule is O=C1/C(=C\c2ccc(-c3cccc([N+](=O)[O-])c3)o2)SC(=Nc2ccncc2Cl)N1C1CCCCC1. The zero-order chi connectivity index (χ0) is 24.4. The lowest BCUT2D eigenvalue weighted by Gasteiger charge is -2.30. The number of rotatable bonds is 5. The van der Waals surface area contributed by atoms with Gasteiger partial charge in [0.15, 0.2) is 5.17 Å². The molecule has 1 saturated heterocycles. The van der Waals surface area contributed by atoms with Crippen LogP contribution in [0.5, 0.6) is 0 Å². The number of nitrogens with zero attached hydrogens (tertiary/aromatic N) is 4. The Balaban J connectivity index is 1.47. The highest BCUT2D eigenvalue weighted by Gasteiger charge is 2.39. The van der Waals surface area contributed by atoms with E-state index < -0.39 is 4.92 Å². The van der Waals surface area contributed by atoms with Crippen LogP contribution in [0.2, 0.25) is 5.02 Å². The number of nitro benzene ring substituents is 1. The number of amides is 1. The van der Waals surface area contributed by atoms with Crippen LogP contribution in [0.3, 0.4) is 0 Å². The van der Waals surface area contributed by atoms with Crippen molar-refractivity contribution in [2.75, 3.05) is 0 Å². The number of carbonyl (C=O) groups is 1. The zero-order valence-corrected chi connectivity index (χ0v) is 20.2. The highest BCUT2D eigenvalue weighted by atomic mass is 35.5. The van der Waals surface area contributed by atoms with Crippen molar-refractivity contribution in [1.82, 2.24) is 9.88 Å². The Morgan fingerprint density at radius 1 is 1.20 bits per heavy atom. The quantitative estimate of drug-likeness (QED) is 0.212. The third-order valence-electron chi connectivity index (χ3n) is 5.99. The van der Waals surface area contributed by atoms with Gasteiger partial charge in [-0.15, -0.1) is 0 Å². The fourth-order valence-electron chi connectivity index (χ4n) is 4.27. The molecular weight excluding hydrogens is 488 g/mol. The maximum absolute atomic E-state index is 13.5. The second-order valence-corrected chi connectivity index (χ2v) is 9.72. The number of aliphatic imine (C=N–C) groups is 1. The number of benzene rings is 1. The molecule has 0 spiro atoms. The Kier molecular flexibility index (Phi) is 6.70. The molecule has 1 aliphatic carbocycles. The summed E-state index contributed by atoms with van der Waals surface area (Å²) < 4.78 is 5.92. The van der Waals surface area contributed by atoms with Crippen LogP contribution >= 0.6 is 23.4 Å². The number of furan rings is 1. The van der Waals surface area contributed by atoms with Gasteiger partial charge in [-0.25, -0.2) is 4.99 Å². The molecule has 1 saturated carbocycles. The molecule has 178 valence electrons. The Labute approximate surface area is 210 Å². The van der Waals surface area contributed by atoms with Crippen molar-refractivity contribution in [2.24, 2.45) is 4.99 Å². The van der Waals surface area contributed by atoms with E-state index in [4.69, 9.17) is 21.0 Å². The summed E-state index contributed by atoms with van der Waals surface area (Å²) in [5, 5.41) is 12.1. The predicted molar refractivity (Wildman–Crippen MR) is 136 cm³/mol. The normalized spacial score (nSPS) is 19.1. The lowest BCUT2D eigenvalue weighted by Crippen LogP contribution is -2.40. The summed E-state index contributed by atoms with van der Waals surface area (Å²) in [6.45, 7) is 0. The molecule has 0 N–H and O–H groups in total. The fourth-order valence-corrected chi connectivity index (χ4v) is 5.47. The number of hydrogen-bond donors (Lipinski definition) is 0. The summed E-state index contributed by atoms with van der Waals surface area (Å²) >= 11 is 7.57. The summed E-state index contributed by atoms with van der Waals surface area (Å²) in [5.74, 6) is 0.853. The van der Waals surface area contributed by atoms with Gasteiger partial charge in [0.2, 0.25) is 0 Å². The first kappa shape index (κ1) is 23.3. The monoisotopic (exact) mass is 508 g/mol. The van der Waals surface area contributed by atoms with Gasteiger partial charge in [-0.05, 0) is 42.8 Å². The molecule has 2 fully saturated rings. The second-order valence-electron chi connectivity index (χ2n) is 8.31. The van der Waals surface area contributed by atoms with Crippen LogP contribution in [-0.2, 0) is 4.79 Å². The van der Waals surface area contributed by atoms with Crippen molar-refractivity contribution in [3.05, 3.63) is 80.7 Å². The first-order valence-corrected chi connectivity index (χ1v) is 12.4. The number of nitro groups is 1. The van der Waals surface area contributed by atoms with Crippen molar-refractivity contribution < 1.29 is 14.1 Å². The molecule has 35 heavy (non-hydrogen) atoms. The molecule has 0 bridgehead atoms. The first-order valence-electron chi connectivity index (χ1n) is 11.3. The van der Waals surface area contributed by atoms with Crippen molar-refractivity contribution in [3.8, 4) is 11.3 Å². The highest BCUT2D eigenvalue weighted by molar-refractivity contribution is 8.18. The number of halogens is 1. The number of carbonyl (C=O) groups excluding carboxylic acids is 1. The molecule has 8 nitrogen and oxygen atoms in total. The van der Waals surface area contributed by atoms with E-state index in [2.05, 4.69) is 4.98 Å². The second kappa shape index (κ2) is 10.1. The molecule has 0 unspecified atom stereocenters. The molecule has 2 aromatic heterocycles. The lowest BCUT2D eigenvalue weighted by molar-refractivity contribution is -0.384. The van der Waals surface area contributed by atoms with Gasteiger partial charge in [-0.3, -0.25) is 24.8 Å². The molecule has 1 aromatic carbocycles. The lowest BCUT2D eigenvalue weighted by atomic mass is 9.94. The minimum Gasteiger partial charge on any atom is -0.457 e. The van der Waals surface area contributed by atoms with Gasteiger partial charge in [-0.1, -0.05) is 43.0 Å². The topological polar surface area (TPSA) is 102 Å². The summed E-state index contributed by atoms with van der Waals surface area (Å²) in [5.41, 5.74) is 1.14. The first-order chi connectivity index (χ1) is 17.0. The molecule has 5 rings (SSSR count). The molecular formula is C25H21ClN4O4S. The van der Waals surface area contributed by atoms with Gasteiger partial charge in [0.1, 0.15) is 11.5 Å². The van der Waals surface area contributed by atoms with E-state index in [0.29, 0.717) is 37.9 Å². The van der Waals surface area contributed by atoms with Crippen LogP contribution in [0.4, 0.5) is 11.4 Å². The maximum Gasteiger partial charge on any atom is 0.270 e. The van der Waals surface area contributed by atoms with Gasteiger partial charge in [0, 0.05) is 42.2 Å². The van der Waals surface area contributed by atoms with E-state index in [9.17, 15) is 14.9 Å². The van der Waals surface area contributed by atoms with Crippen molar-refractivity contribution in [3.63, 3.8) is 0 Å². The molecule has 0 atom stereocenters. The van der Waals surface area contributed by atoms with Crippen LogP contribution in [0.25, 0.3) is 17.4 Å². The number of aromatic nitrogens is 1. The fraction of sp³-hybridized carbons (Fsp3) is 0.240. The molecule has 0 radical (unpaired) electrons. The average Bonchev–Trinajstić information content (AvgIpc) is 3.46. The van der Waals surface area contributed by atoms with Crippen LogP contribution in [-0.4, -0.2) is 31.9 Å². The molecule has 3 heterocycles. The standard InChI is InChI=1S/C25H21ClN4O4S/c26-20-15-27-12-11-21(20)28-25-29(17-6-2-1-3-7-17)24(31)23(35-25)14-19-9-10-22(34-19)16-5-4-8-18(13-16)30(32)33/h4-5,8-15,17H,1-3,6-7H2/b23-14+,28-25?. The van der Waals surface area contributed by atoms with Gasteiger partial charge >= 0.3 is 0 Å². The Morgan fingerprint density at radius 3 is 2.80 bits per heavy atom. The largest absolute Gasteiger partial charge is 0.457 e. The van der Waals surface area contributed by atoms with Crippen LogP contribution in [0, 0.1) is 10.1 Å². The third kappa shape index (κ3) is 5.01. The maximum atomic E-state index is 13.5. The van der Waals surface area contributed by atoms with Crippen molar-refractivity contribution in [2.45, 2.75) is 38.1 Å². The van der Waals surface area contributed by atoms with E-state index in [1.165, 1.54) is 36.5 Å². The van der Waals surface area contributed by atoms with E-state index in [1.807, 2.05) is 0 Å². The van der Waals surface area contributed by atoms with Crippen LogP contribution < -0.4 is 0 Å². The van der Waals surface area contributed by atoms with Gasteiger partial charge in [0.05, 0.1) is 20.5 Å². The van der Waals surface area contributed by atoms with Crippen molar-refractivity contribution in [1.29, 1.82) is 0 Å². The summed E-state index contributed by atoms with van der Waals surface area (Å²) in [4.78, 5) is 35.1. The van der Waals surface area contributed by atoms with Gasteiger partial charge in [0.25, 0.3) is 11.6 Å². The Hall–Kier alpha value is -3.43. The van der Waals surface area contributed by atoms with Gasteiger partial charge < -0.3 is 4.42 Å². The van der Waals surface area contributed by atoms with Crippen LogP contribution in [0.1, 0.15) is 37.9 Å². The molecule has 2 aliphatic rings. The number of amidine groups is 1. The van der Waals surface area contributed by atoms with E-state index in [-0.39, 0.29) is 17.6 Å². The molecule has 1 amide bonds. The number of non-ortho nitro benzene ring substituents is 1.